The molecule has 2 aromatic rings. The van der Waals surface area contributed by atoms with E-state index in [2.05, 4.69) is 35.4 Å². The second-order valence-corrected chi connectivity index (χ2v) is 4.51. The van der Waals surface area contributed by atoms with Crippen LogP contribution < -0.4 is 5.32 Å². The van der Waals surface area contributed by atoms with E-state index < -0.39 is 0 Å². The summed E-state index contributed by atoms with van der Waals surface area (Å²) in [5.41, 5.74) is 2.28. The Morgan fingerprint density at radius 1 is 1.11 bits per heavy atom. The van der Waals surface area contributed by atoms with Gasteiger partial charge in [-0.1, -0.05) is 32.0 Å². The number of aryl methyl sites for hydroxylation is 1. The molecule has 0 fully saturated rings. The first kappa shape index (κ1) is 13.7. The van der Waals surface area contributed by atoms with E-state index in [1.807, 2.05) is 18.2 Å². The van der Waals surface area contributed by atoms with Crippen LogP contribution >= 0.6 is 0 Å². The average Bonchev–Trinajstić information content (AvgIpc) is 2.92. The largest absolute Gasteiger partial charge is 0.421 e. The van der Waals surface area contributed by atoms with Crippen molar-refractivity contribution in [2.75, 3.05) is 13.1 Å². The molecule has 19 heavy (non-hydrogen) atoms. The molecule has 0 atom stereocenters. The van der Waals surface area contributed by atoms with Gasteiger partial charge in [0.25, 0.3) is 0 Å². The number of aromatic nitrogens is 2. The van der Waals surface area contributed by atoms with Crippen LogP contribution in [0.3, 0.4) is 0 Å². The highest BCUT2D eigenvalue weighted by molar-refractivity contribution is 5.58. The molecule has 0 aliphatic carbocycles. The number of nitrogens with one attached hydrogen (secondary N) is 1. The van der Waals surface area contributed by atoms with Gasteiger partial charge in [0.15, 0.2) is 0 Å². The molecule has 0 aliphatic heterocycles. The van der Waals surface area contributed by atoms with Crippen molar-refractivity contribution in [2.24, 2.45) is 0 Å². The van der Waals surface area contributed by atoms with Crippen LogP contribution in [0.4, 0.5) is 0 Å². The van der Waals surface area contributed by atoms with Gasteiger partial charge in [0.2, 0.25) is 11.8 Å². The van der Waals surface area contributed by atoms with Gasteiger partial charge in [-0.05, 0) is 31.0 Å². The van der Waals surface area contributed by atoms with Crippen LogP contribution in [-0.4, -0.2) is 23.3 Å². The minimum Gasteiger partial charge on any atom is -0.421 e. The molecule has 0 radical (unpaired) electrons. The lowest BCUT2D eigenvalue weighted by molar-refractivity contribution is 0.494. The summed E-state index contributed by atoms with van der Waals surface area (Å²) in [5.74, 6) is 1.33. The molecule has 0 bridgehead atoms. The lowest BCUT2D eigenvalue weighted by atomic mass is 10.1. The summed E-state index contributed by atoms with van der Waals surface area (Å²) in [6.07, 6.45) is 2.88. The molecule has 4 nitrogen and oxygen atoms in total. The molecule has 0 saturated carbocycles. The molecular formula is C15H21N3O. The number of benzene rings is 1. The summed E-state index contributed by atoms with van der Waals surface area (Å²) in [6, 6.07) is 8.17. The van der Waals surface area contributed by atoms with Crippen molar-refractivity contribution in [3.05, 3.63) is 35.7 Å². The maximum atomic E-state index is 5.73. The SMILES string of the molecule is CCCNCCc1nnc(-c2ccccc2CC)o1. The van der Waals surface area contributed by atoms with Crippen molar-refractivity contribution in [2.45, 2.75) is 33.1 Å². The molecule has 1 aromatic carbocycles. The standard InChI is InChI=1S/C15H21N3O/c1-3-10-16-11-9-14-17-18-15(19-14)13-8-6-5-7-12(13)4-2/h5-8,16H,3-4,9-11H2,1-2H3. The first-order valence-electron chi connectivity index (χ1n) is 6.96. The topological polar surface area (TPSA) is 51.0 Å². The summed E-state index contributed by atoms with van der Waals surface area (Å²) in [5, 5.41) is 11.6. The van der Waals surface area contributed by atoms with Gasteiger partial charge < -0.3 is 9.73 Å². The van der Waals surface area contributed by atoms with E-state index >= 15 is 0 Å². The fourth-order valence-corrected chi connectivity index (χ4v) is 2.00. The van der Waals surface area contributed by atoms with Crippen LogP contribution in [0.1, 0.15) is 31.7 Å². The minimum absolute atomic E-state index is 0.628. The van der Waals surface area contributed by atoms with Gasteiger partial charge >= 0.3 is 0 Å². The first-order chi connectivity index (χ1) is 9.35. The van der Waals surface area contributed by atoms with Crippen LogP contribution in [0.15, 0.2) is 28.7 Å². The molecule has 1 aromatic heterocycles. The Hall–Kier alpha value is -1.68. The van der Waals surface area contributed by atoms with E-state index in [4.69, 9.17) is 4.42 Å². The van der Waals surface area contributed by atoms with Gasteiger partial charge in [-0.15, -0.1) is 10.2 Å². The predicted octanol–water partition coefficient (Wildman–Crippen LogP) is 2.84. The zero-order valence-electron chi connectivity index (χ0n) is 11.6. The highest BCUT2D eigenvalue weighted by atomic mass is 16.4. The number of hydrogen-bond donors (Lipinski definition) is 1. The number of nitrogens with zero attached hydrogens (tertiary/aromatic N) is 2. The van der Waals surface area contributed by atoms with E-state index in [1.54, 1.807) is 0 Å². The van der Waals surface area contributed by atoms with Gasteiger partial charge in [0, 0.05) is 18.5 Å². The Labute approximate surface area is 114 Å². The van der Waals surface area contributed by atoms with Gasteiger partial charge in [-0.2, -0.15) is 0 Å². The third-order valence-corrected chi connectivity index (χ3v) is 3.04. The molecule has 0 amide bonds. The van der Waals surface area contributed by atoms with Crippen molar-refractivity contribution >= 4 is 0 Å². The van der Waals surface area contributed by atoms with Crippen molar-refractivity contribution in [1.29, 1.82) is 0 Å². The normalized spacial score (nSPS) is 10.8. The summed E-state index contributed by atoms with van der Waals surface area (Å²) in [7, 11) is 0. The van der Waals surface area contributed by atoms with E-state index in [0.29, 0.717) is 11.8 Å². The number of hydrogen-bond acceptors (Lipinski definition) is 4. The smallest absolute Gasteiger partial charge is 0.248 e. The second-order valence-electron chi connectivity index (χ2n) is 4.51. The molecule has 0 unspecified atom stereocenters. The summed E-state index contributed by atoms with van der Waals surface area (Å²) < 4.78 is 5.73. The minimum atomic E-state index is 0.628. The first-order valence-corrected chi connectivity index (χ1v) is 6.96. The van der Waals surface area contributed by atoms with Crippen molar-refractivity contribution in [1.82, 2.24) is 15.5 Å². The van der Waals surface area contributed by atoms with Crippen LogP contribution in [-0.2, 0) is 12.8 Å². The average molecular weight is 259 g/mol. The van der Waals surface area contributed by atoms with Crippen molar-refractivity contribution < 1.29 is 4.42 Å². The maximum absolute atomic E-state index is 5.73. The number of rotatable bonds is 7. The molecule has 102 valence electrons. The summed E-state index contributed by atoms with van der Waals surface area (Å²) in [6.45, 7) is 6.19. The predicted molar refractivity (Wildman–Crippen MR) is 76.0 cm³/mol. The highest BCUT2D eigenvalue weighted by Crippen LogP contribution is 2.22. The van der Waals surface area contributed by atoms with Crippen LogP contribution in [0.25, 0.3) is 11.5 Å². The van der Waals surface area contributed by atoms with E-state index in [1.165, 1.54) is 5.56 Å². The molecule has 0 spiro atoms. The highest BCUT2D eigenvalue weighted by Gasteiger charge is 2.11. The van der Waals surface area contributed by atoms with Crippen molar-refractivity contribution in [3.63, 3.8) is 0 Å². The fraction of sp³-hybridized carbons (Fsp3) is 0.467. The van der Waals surface area contributed by atoms with Gasteiger partial charge in [-0.25, -0.2) is 0 Å². The van der Waals surface area contributed by atoms with Crippen LogP contribution in [0, 0.1) is 0 Å². The van der Waals surface area contributed by atoms with E-state index in [0.717, 1.165) is 37.9 Å². The Morgan fingerprint density at radius 3 is 2.74 bits per heavy atom. The Kier molecular flexibility index (Phi) is 5.10. The fourth-order valence-electron chi connectivity index (χ4n) is 2.00. The third-order valence-electron chi connectivity index (χ3n) is 3.04. The quantitative estimate of drug-likeness (QED) is 0.777. The van der Waals surface area contributed by atoms with E-state index in [9.17, 15) is 0 Å². The lowest BCUT2D eigenvalue weighted by Crippen LogP contribution is -2.17. The van der Waals surface area contributed by atoms with E-state index in [-0.39, 0.29) is 0 Å². The monoisotopic (exact) mass is 259 g/mol. The van der Waals surface area contributed by atoms with Gasteiger partial charge in [0.1, 0.15) is 0 Å². The molecule has 1 N–H and O–H groups in total. The zero-order chi connectivity index (χ0) is 13.5. The Bertz CT molecular complexity index is 508. The maximum Gasteiger partial charge on any atom is 0.248 e. The van der Waals surface area contributed by atoms with Crippen molar-refractivity contribution in [3.8, 4) is 11.5 Å². The third kappa shape index (κ3) is 3.64. The second kappa shape index (κ2) is 7.04. The molecule has 0 saturated heterocycles. The Morgan fingerprint density at radius 2 is 1.95 bits per heavy atom. The molecule has 0 aliphatic rings. The van der Waals surface area contributed by atoms with Crippen LogP contribution in [0.5, 0.6) is 0 Å². The summed E-state index contributed by atoms with van der Waals surface area (Å²) in [4.78, 5) is 0. The zero-order valence-corrected chi connectivity index (χ0v) is 11.6. The van der Waals surface area contributed by atoms with Crippen LogP contribution in [0.2, 0.25) is 0 Å². The molecular weight excluding hydrogens is 238 g/mol. The lowest BCUT2D eigenvalue weighted by Gasteiger charge is -2.02. The molecule has 2 rings (SSSR count). The Balaban J connectivity index is 2.04. The summed E-state index contributed by atoms with van der Waals surface area (Å²) >= 11 is 0. The molecule has 4 heteroatoms. The van der Waals surface area contributed by atoms with Gasteiger partial charge in [0.05, 0.1) is 0 Å². The molecule has 1 heterocycles. The van der Waals surface area contributed by atoms with Gasteiger partial charge in [-0.3, -0.25) is 0 Å².